The number of hydrogen-bond acceptors (Lipinski definition) is 5. The lowest BCUT2D eigenvalue weighted by Crippen LogP contribution is -2.32. The van der Waals surface area contributed by atoms with Crippen molar-refractivity contribution < 1.29 is 9.59 Å². The largest absolute Gasteiger partial charge is 0.345 e. The van der Waals surface area contributed by atoms with Crippen LogP contribution in [0.3, 0.4) is 0 Å². The topological polar surface area (TPSA) is 82.2 Å². The van der Waals surface area contributed by atoms with Gasteiger partial charge in [0.2, 0.25) is 0 Å². The lowest BCUT2D eigenvalue weighted by Gasteiger charge is -2.29. The van der Waals surface area contributed by atoms with Gasteiger partial charge in [0.05, 0.1) is 11.9 Å². The maximum Gasteiger partial charge on any atom is 0.253 e. The van der Waals surface area contributed by atoms with Gasteiger partial charge in [-0.05, 0) is 66.3 Å². The Morgan fingerprint density at radius 1 is 1.14 bits per heavy atom. The molecule has 0 atom stereocenters. The van der Waals surface area contributed by atoms with Gasteiger partial charge in [-0.2, -0.15) is 0 Å². The van der Waals surface area contributed by atoms with Gasteiger partial charge in [-0.3, -0.25) is 9.69 Å². The predicted molar refractivity (Wildman–Crippen MR) is 142 cm³/mol. The van der Waals surface area contributed by atoms with E-state index in [0.29, 0.717) is 12.0 Å². The number of benzene rings is 2. The summed E-state index contributed by atoms with van der Waals surface area (Å²) in [4.78, 5) is 40.2. The molecule has 0 aliphatic carbocycles. The molecule has 184 valence electrons. The smallest absolute Gasteiger partial charge is 0.253 e. The first-order valence-electron chi connectivity index (χ1n) is 12.3. The molecule has 36 heavy (non-hydrogen) atoms. The molecule has 0 saturated carbocycles. The van der Waals surface area contributed by atoms with Gasteiger partial charge in [0, 0.05) is 63.0 Å². The van der Waals surface area contributed by atoms with E-state index in [4.69, 9.17) is 4.98 Å². The van der Waals surface area contributed by atoms with Crippen molar-refractivity contribution in [1.29, 1.82) is 0 Å². The number of carbonyl (C=O) groups is 2. The Morgan fingerprint density at radius 2 is 1.94 bits per heavy atom. The summed E-state index contributed by atoms with van der Waals surface area (Å²) in [6.07, 6.45) is 6.31. The molecule has 0 fully saturated rings. The van der Waals surface area contributed by atoms with Crippen LogP contribution in [0.4, 0.5) is 0 Å². The van der Waals surface area contributed by atoms with E-state index < -0.39 is 0 Å². The highest BCUT2D eigenvalue weighted by molar-refractivity contribution is 5.97. The molecule has 1 N–H and O–H groups in total. The highest BCUT2D eigenvalue weighted by Gasteiger charge is 2.20. The number of carbonyl (C=O) groups excluding carboxylic acids is 2. The van der Waals surface area contributed by atoms with E-state index in [0.717, 1.165) is 71.5 Å². The summed E-state index contributed by atoms with van der Waals surface area (Å²) in [6, 6.07) is 10.3. The van der Waals surface area contributed by atoms with Crippen molar-refractivity contribution in [3.63, 3.8) is 0 Å². The lowest BCUT2D eigenvalue weighted by atomic mass is 9.92. The third-order valence-corrected chi connectivity index (χ3v) is 7.05. The molecule has 1 amide bonds. The fourth-order valence-electron chi connectivity index (χ4n) is 5.12. The number of hydrogen-bond donors (Lipinski definition) is 1. The second-order valence-corrected chi connectivity index (χ2v) is 9.80. The van der Waals surface area contributed by atoms with Crippen LogP contribution in [0.1, 0.15) is 39.0 Å². The maximum absolute atomic E-state index is 12.5. The van der Waals surface area contributed by atoms with Gasteiger partial charge in [0.15, 0.2) is 5.65 Å². The molecule has 7 nitrogen and oxygen atoms in total. The van der Waals surface area contributed by atoms with Crippen LogP contribution in [0.25, 0.3) is 33.5 Å². The molecule has 1 aliphatic rings. The average molecular weight is 482 g/mol. The molecular weight excluding hydrogens is 450 g/mol. The van der Waals surface area contributed by atoms with Crippen LogP contribution < -0.4 is 0 Å². The van der Waals surface area contributed by atoms with E-state index >= 15 is 0 Å². The number of aromatic amines is 1. The first-order valence-corrected chi connectivity index (χ1v) is 12.3. The highest BCUT2D eigenvalue weighted by atomic mass is 16.2. The van der Waals surface area contributed by atoms with Crippen LogP contribution in [-0.4, -0.2) is 64.1 Å². The van der Waals surface area contributed by atoms with Crippen molar-refractivity contribution in [2.24, 2.45) is 0 Å². The summed E-state index contributed by atoms with van der Waals surface area (Å²) < 4.78 is 0. The van der Waals surface area contributed by atoms with Crippen molar-refractivity contribution in [3.05, 3.63) is 70.5 Å². The molecule has 2 aromatic carbocycles. The zero-order chi connectivity index (χ0) is 25.4. The second kappa shape index (κ2) is 9.66. The zero-order valence-electron chi connectivity index (χ0n) is 21.3. The fraction of sp³-hybridized carbons (Fsp3) is 0.310. The van der Waals surface area contributed by atoms with Gasteiger partial charge >= 0.3 is 0 Å². The predicted octanol–water partition coefficient (Wildman–Crippen LogP) is 4.56. The number of aromatic nitrogens is 3. The Labute approximate surface area is 211 Å². The minimum Gasteiger partial charge on any atom is -0.345 e. The highest BCUT2D eigenvalue weighted by Crippen LogP contribution is 2.32. The summed E-state index contributed by atoms with van der Waals surface area (Å²) in [5, 5.41) is 0. The van der Waals surface area contributed by atoms with Gasteiger partial charge in [0.1, 0.15) is 11.8 Å². The molecule has 0 radical (unpaired) electrons. The van der Waals surface area contributed by atoms with Crippen molar-refractivity contribution in [3.8, 4) is 22.4 Å². The number of aryl methyl sites for hydroxylation is 2. The third kappa shape index (κ3) is 4.42. The standard InChI is InChI=1S/C29H31N5O2/c1-18-13-21(14-22-17-34(9-5-11-35)10-8-23(18)22)26-16-31-28-27(32-26)25(15-30-28)20-6-7-24(19(2)12-20)29(36)33(3)4/h6-7,11-16H,5,8-10,17H2,1-4H3,(H,30,31). The van der Waals surface area contributed by atoms with Gasteiger partial charge in [0.25, 0.3) is 5.91 Å². The van der Waals surface area contributed by atoms with Gasteiger partial charge in [-0.1, -0.05) is 12.1 Å². The molecule has 1 aliphatic heterocycles. The molecule has 2 aromatic heterocycles. The van der Waals surface area contributed by atoms with E-state index in [9.17, 15) is 9.59 Å². The molecule has 0 unspecified atom stereocenters. The van der Waals surface area contributed by atoms with Crippen molar-refractivity contribution in [2.75, 3.05) is 27.2 Å². The SMILES string of the molecule is Cc1cc(-c2c[nH]c3ncc(-c4cc(C)c5c(c4)CN(CCC=O)CC5)nc23)ccc1C(=O)N(C)C. The summed E-state index contributed by atoms with van der Waals surface area (Å²) in [5.41, 5.74) is 11.0. The van der Waals surface area contributed by atoms with E-state index in [1.54, 1.807) is 19.0 Å². The molecule has 0 bridgehead atoms. The Hall–Kier alpha value is -3.84. The van der Waals surface area contributed by atoms with Crippen LogP contribution in [0.15, 0.2) is 42.7 Å². The minimum atomic E-state index is -0.00689. The van der Waals surface area contributed by atoms with Gasteiger partial charge in [-0.25, -0.2) is 9.97 Å². The summed E-state index contributed by atoms with van der Waals surface area (Å²) in [5.74, 6) is -0.00689. The summed E-state index contributed by atoms with van der Waals surface area (Å²) in [6.45, 7) is 6.75. The van der Waals surface area contributed by atoms with Crippen molar-refractivity contribution in [1.82, 2.24) is 24.8 Å². The Kier molecular flexibility index (Phi) is 6.41. The van der Waals surface area contributed by atoms with E-state index in [1.807, 2.05) is 37.5 Å². The number of fused-ring (bicyclic) bond motifs is 2. The van der Waals surface area contributed by atoms with Gasteiger partial charge < -0.3 is 14.7 Å². The number of aldehydes is 1. The molecule has 7 heteroatoms. The molecule has 4 aromatic rings. The number of nitrogens with one attached hydrogen (secondary N) is 1. The number of rotatable bonds is 6. The quantitative estimate of drug-likeness (QED) is 0.409. The third-order valence-electron chi connectivity index (χ3n) is 7.05. The van der Waals surface area contributed by atoms with Crippen LogP contribution in [0.5, 0.6) is 0 Å². The second-order valence-electron chi connectivity index (χ2n) is 9.80. The number of nitrogens with zero attached hydrogens (tertiary/aromatic N) is 4. The Morgan fingerprint density at radius 3 is 2.69 bits per heavy atom. The van der Waals surface area contributed by atoms with Gasteiger partial charge in [-0.15, -0.1) is 0 Å². The average Bonchev–Trinajstić information content (AvgIpc) is 3.30. The monoisotopic (exact) mass is 481 g/mol. The fourth-order valence-corrected chi connectivity index (χ4v) is 5.12. The van der Waals surface area contributed by atoms with Crippen LogP contribution in [0.2, 0.25) is 0 Å². The van der Waals surface area contributed by atoms with E-state index in [2.05, 4.69) is 33.9 Å². The van der Waals surface area contributed by atoms with Crippen LogP contribution in [-0.2, 0) is 17.8 Å². The number of H-pyrrole nitrogens is 1. The van der Waals surface area contributed by atoms with E-state index in [-0.39, 0.29) is 5.91 Å². The Balaban J connectivity index is 1.51. The van der Waals surface area contributed by atoms with Crippen LogP contribution >= 0.6 is 0 Å². The first kappa shape index (κ1) is 23.9. The maximum atomic E-state index is 12.5. The van der Waals surface area contributed by atoms with E-state index in [1.165, 1.54) is 16.7 Å². The molecular formula is C29H31N5O2. The summed E-state index contributed by atoms with van der Waals surface area (Å²) in [7, 11) is 3.52. The molecule has 0 saturated heterocycles. The number of amides is 1. The normalized spacial score (nSPS) is 13.6. The van der Waals surface area contributed by atoms with Crippen LogP contribution in [0, 0.1) is 13.8 Å². The minimum absolute atomic E-state index is 0.00689. The van der Waals surface area contributed by atoms with Crippen molar-refractivity contribution >= 4 is 23.4 Å². The summed E-state index contributed by atoms with van der Waals surface area (Å²) >= 11 is 0. The molecule has 5 rings (SSSR count). The lowest BCUT2D eigenvalue weighted by molar-refractivity contribution is -0.108. The molecule has 3 heterocycles. The molecule has 0 spiro atoms. The Bertz CT molecular complexity index is 1470. The zero-order valence-corrected chi connectivity index (χ0v) is 21.3. The first-order chi connectivity index (χ1) is 17.4. The van der Waals surface area contributed by atoms with Crippen molar-refractivity contribution in [2.45, 2.75) is 33.2 Å².